The van der Waals surface area contributed by atoms with Crippen LogP contribution in [-0.4, -0.2) is 27.9 Å². The van der Waals surface area contributed by atoms with Crippen LogP contribution < -0.4 is 5.32 Å². The molecular formula is C31H30ClF2N3O3. The maximum absolute atomic E-state index is 14.0. The van der Waals surface area contributed by atoms with Crippen molar-refractivity contribution in [1.29, 1.82) is 0 Å². The molecule has 0 atom stereocenters. The zero-order valence-electron chi connectivity index (χ0n) is 22.1. The molecule has 0 bridgehead atoms. The number of rotatable bonds is 8. The number of fused-ring (bicyclic) bond motifs is 1. The quantitative estimate of drug-likeness (QED) is 0.231. The number of halogens is 3. The maximum Gasteiger partial charge on any atom is 0.306 e. The zero-order chi connectivity index (χ0) is 28.2. The molecule has 1 amide bonds. The minimum atomic E-state index is -0.822. The Morgan fingerprint density at radius 2 is 1.68 bits per heavy atom. The Morgan fingerprint density at radius 1 is 1.00 bits per heavy atom. The van der Waals surface area contributed by atoms with Gasteiger partial charge in [-0.25, -0.2) is 13.8 Å². The summed E-state index contributed by atoms with van der Waals surface area (Å²) >= 11 is 5.66. The van der Waals surface area contributed by atoms with Gasteiger partial charge in [0.1, 0.15) is 23.0 Å². The fraction of sp³-hybridized carbons (Fsp3) is 0.323. The maximum atomic E-state index is 14.0. The summed E-state index contributed by atoms with van der Waals surface area (Å²) in [5.41, 5.74) is 3.75. The number of aromatic nitrogens is 2. The Kier molecular flexibility index (Phi) is 8.45. The lowest BCUT2D eigenvalue weighted by atomic mass is 9.77. The van der Waals surface area contributed by atoms with Crippen molar-refractivity contribution >= 4 is 29.1 Å². The van der Waals surface area contributed by atoms with Crippen LogP contribution in [0.25, 0.3) is 16.8 Å². The van der Waals surface area contributed by atoms with Crippen LogP contribution in [0.2, 0.25) is 5.02 Å². The van der Waals surface area contributed by atoms with Crippen LogP contribution in [0.3, 0.4) is 0 Å². The molecule has 0 aliphatic heterocycles. The third-order valence-electron chi connectivity index (χ3n) is 7.54. The van der Waals surface area contributed by atoms with E-state index in [1.807, 2.05) is 25.3 Å². The zero-order valence-corrected chi connectivity index (χ0v) is 22.9. The van der Waals surface area contributed by atoms with Crippen LogP contribution in [0, 0.1) is 17.6 Å². The van der Waals surface area contributed by atoms with E-state index in [-0.39, 0.29) is 28.8 Å². The molecule has 2 heterocycles. The number of nitrogens with zero attached hydrogens (tertiary/aromatic N) is 2. The second-order valence-electron chi connectivity index (χ2n) is 10.2. The molecule has 208 valence electrons. The van der Waals surface area contributed by atoms with Gasteiger partial charge in [0.2, 0.25) is 0 Å². The normalized spacial score (nSPS) is 17.1. The predicted octanol–water partition coefficient (Wildman–Crippen LogP) is 7.09. The molecule has 1 saturated carbocycles. The van der Waals surface area contributed by atoms with Crippen LogP contribution in [0.4, 0.5) is 8.78 Å². The van der Waals surface area contributed by atoms with Gasteiger partial charge in [-0.15, -0.1) is 0 Å². The van der Waals surface area contributed by atoms with Crippen molar-refractivity contribution in [2.24, 2.45) is 5.92 Å². The molecule has 2 aromatic heterocycles. The van der Waals surface area contributed by atoms with Crippen LogP contribution in [0.1, 0.15) is 66.6 Å². The predicted molar refractivity (Wildman–Crippen MR) is 149 cm³/mol. The van der Waals surface area contributed by atoms with Crippen molar-refractivity contribution in [3.8, 4) is 11.1 Å². The first-order valence-corrected chi connectivity index (χ1v) is 13.8. The van der Waals surface area contributed by atoms with Gasteiger partial charge in [-0.1, -0.05) is 35.9 Å². The van der Waals surface area contributed by atoms with Gasteiger partial charge in [-0.05, 0) is 85.4 Å². The molecule has 5 rings (SSSR count). The summed E-state index contributed by atoms with van der Waals surface area (Å²) in [6, 6.07) is 14.3. The third-order valence-corrected chi connectivity index (χ3v) is 7.76. The van der Waals surface area contributed by atoms with Crippen molar-refractivity contribution in [3.63, 3.8) is 0 Å². The summed E-state index contributed by atoms with van der Waals surface area (Å²) in [6.45, 7) is 1.94. The van der Waals surface area contributed by atoms with Crippen molar-refractivity contribution in [1.82, 2.24) is 14.7 Å². The molecule has 6 nitrogen and oxygen atoms in total. The van der Waals surface area contributed by atoms with Crippen LogP contribution in [0.15, 0.2) is 60.9 Å². The van der Waals surface area contributed by atoms with Crippen LogP contribution >= 0.6 is 11.6 Å². The molecule has 1 aliphatic carbocycles. The van der Waals surface area contributed by atoms with E-state index in [0.29, 0.717) is 30.5 Å². The Labute approximate surface area is 236 Å². The summed E-state index contributed by atoms with van der Waals surface area (Å²) < 4.78 is 34.9. The first-order valence-electron chi connectivity index (χ1n) is 13.5. The molecule has 1 aliphatic rings. The lowest BCUT2D eigenvalue weighted by molar-refractivity contribution is -0.144. The van der Waals surface area contributed by atoms with Gasteiger partial charge in [0, 0.05) is 35.9 Å². The molecular weight excluding hydrogens is 536 g/mol. The van der Waals surface area contributed by atoms with E-state index in [0.717, 1.165) is 48.9 Å². The number of carbonyl (C=O) groups is 2. The second kappa shape index (κ2) is 12.2. The first-order chi connectivity index (χ1) is 19.3. The molecule has 4 aromatic rings. The van der Waals surface area contributed by atoms with Crippen molar-refractivity contribution in [3.05, 3.63) is 94.4 Å². The number of pyridine rings is 1. The average Bonchev–Trinajstić information content (AvgIpc) is 3.37. The molecule has 0 saturated heterocycles. The SMILES string of the molecule is CCOC(=O)CC1CCC(c2ccc(-c3ccc4nc(C(=O)NCc5c(F)cc(Cl)cc5F)cn4c3)cc2)CC1. The fourth-order valence-corrected chi connectivity index (χ4v) is 5.57. The largest absolute Gasteiger partial charge is 0.466 e. The topological polar surface area (TPSA) is 72.7 Å². The summed E-state index contributed by atoms with van der Waals surface area (Å²) in [5.74, 6) is -1.39. The molecule has 0 unspecified atom stereocenters. The lowest BCUT2D eigenvalue weighted by Gasteiger charge is -2.28. The number of nitrogens with one attached hydrogen (secondary N) is 1. The van der Waals surface area contributed by atoms with E-state index in [9.17, 15) is 18.4 Å². The van der Waals surface area contributed by atoms with Crippen molar-refractivity contribution in [2.75, 3.05) is 6.61 Å². The Morgan fingerprint density at radius 3 is 2.35 bits per heavy atom. The Hall–Kier alpha value is -3.78. The van der Waals surface area contributed by atoms with Crippen molar-refractivity contribution in [2.45, 2.75) is 51.5 Å². The van der Waals surface area contributed by atoms with Gasteiger partial charge < -0.3 is 14.5 Å². The minimum absolute atomic E-state index is 0.0502. The molecule has 0 radical (unpaired) electrons. The number of benzene rings is 2. The summed E-state index contributed by atoms with van der Waals surface area (Å²) in [5, 5.41) is 2.47. The number of amides is 1. The first kappa shape index (κ1) is 27.8. The molecule has 40 heavy (non-hydrogen) atoms. The fourth-order valence-electron chi connectivity index (χ4n) is 5.38. The van der Waals surface area contributed by atoms with E-state index in [2.05, 4.69) is 34.6 Å². The van der Waals surface area contributed by atoms with Gasteiger partial charge in [0.25, 0.3) is 5.91 Å². The van der Waals surface area contributed by atoms with Gasteiger partial charge in [0.15, 0.2) is 0 Å². The lowest BCUT2D eigenvalue weighted by Crippen LogP contribution is -2.24. The van der Waals surface area contributed by atoms with E-state index >= 15 is 0 Å². The molecule has 2 aromatic carbocycles. The molecule has 9 heteroatoms. The van der Waals surface area contributed by atoms with E-state index in [1.54, 1.807) is 10.6 Å². The van der Waals surface area contributed by atoms with Gasteiger partial charge >= 0.3 is 5.97 Å². The summed E-state index contributed by atoms with van der Waals surface area (Å²) in [6.07, 6.45) is 8.18. The third kappa shape index (κ3) is 6.33. The monoisotopic (exact) mass is 565 g/mol. The minimum Gasteiger partial charge on any atom is -0.466 e. The highest BCUT2D eigenvalue weighted by atomic mass is 35.5. The number of esters is 1. The highest BCUT2D eigenvalue weighted by Crippen LogP contribution is 2.37. The Balaban J connectivity index is 1.22. The number of carbonyl (C=O) groups excluding carboxylic acids is 2. The average molecular weight is 566 g/mol. The summed E-state index contributed by atoms with van der Waals surface area (Å²) in [4.78, 5) is 28.8. The Bertz CT molecular complexity index is 1510. The van der Waals surface area contributed by atoms with Gasteiger partial charge in [-0.3, -0.25) is 9.59 Å². The standard InChI is InChI=1S/C31H30ClF2N3O3/c1-2-40-30(38)13-19-3-5-20(6-4-19)21-7-9-22(10-8-21)23-11-12-29-36-28(18-37(29)17-23)31(39)35-16-25-26(33)14-24(32)15-27(25)34/h7-12,14-15,17-20H,2-6,13,16H2,1H3,(H,35,39). The smallest absolute Gasteiger partial charge is 0.306 e. The number of hydrogen-bond donors (Lipinski definition) is 1. The highest BCUT2D eigenvalue weighted by Gasteiger charge is 2.24. The van der Waals surface area contributed by atoms with E-state index in [4.69, 9.17) is 16.3 Å². The molecule has 0 spiro atoms. The highest BCUT2D eigenvalue weighted by molar-refractivity contribution is 6.30. The van der Waals surface area contributed by atoms with E-state index in [1.165, 1.54) is 5.56 Å². The molecule has 1 N–H and O–H groups in total. The van der Waals surface area contributed by atoms with E-state index < -0.39 is 17.5 Å². The number of hydrogen-bond acceptors (Lipinski definition) is 4. The molecule has 1 fully saturated rings. The van der Waals surface area contributed by atoms with Crippen LogP contribution in [0.5, 0.6) is 0 Å². The number of imidazole rings is 1. The van der Waals surface area contributed by atoms with Crippen molar-refractivity contribution < 1.29 is 23.1 Å². The van der Waals surface area contributed by atoms with Gasteiger partial charge in [-0.2, -0.15) is 0 Å². The summed E-state index contributed by atoms with van der Waals surface area (Å²) in [7, 11) is 0. The number of ether oxygens (including phenoxy) is 1. The van der Waals surface area contributed by atoms with Gasteiger partial charge in [0.05, 0.1) is 6.61 Å². The van der Waals surface area contributed by atoms with Crippen LogP contribution in [-0.2, 0) is 16.1 Å². The second-order valence-corrected chi connectivity index (χ2v) is 10.6.